The number of hydrogen-bond acceptors (Lipinski definition) is 4. The smallest absolute Gasteiger partial charge is 0.134 e. The number of carbonyl (C=O) groups is 1. The third-order valence-electron chi connectivity index (χ3n) is 4.14. The van der Waals surface area contributed by atoms with Gasteiger partial charge in [0, 0.05) is 24.4 Å². The number of benzene rings is 1. The fourth-order valence-electron chi connectivity index (χ4n) is 2.93. The molecule has 21 heavy (non-hydrogen) atoms. The summed E-state index contributed by atoms with van der Waals surface area (Å²) >= 11 is 0. The molecule has 1 saturated heterocycles. The molecule has 0 amide bonds. The maximum Gasteiger partial charge on any atom is 0.134 e. The van der Waals surface area contributed by atoms with E-state index in [0.29, 0.717) is 12.1 Å². The molecule has 0 spiro atoms. The molecule has 3 rings (SSSR count). The van der Waals surface area contributed by atoms with Gasteiger partial charge in [-0.2, -0.15) is 5.26 Å². The Bertz CT molecular complexity index is 732. The third-order valence-corrected chi connectivity index (χ3v) is 4.14. The van der Waals surface area contributed by atoms with E-state index in [2.05, 4.69) is 16.0 Å². The molecule has 1 unspecified atom stereocenters. The third kappa shape index (κ3) is 2.59. The minimum Gasteiger partial charge on any atom is -0.356 e. The highest BCUT2D eigenvalue weighted by Crippen LogP contribution is 2.26. The lowest BCUT2D eigenvalue weighted by Gasteiger charge is -2.32. The summed E-state index contributed by atoms with van der Waals surface area (Å²) in [5.74, 6) is 1.12. The van der Waals surface area contributed by atoms with Gasteiger partial charge in [0.25, 0.3) is 0 Å². The van der Waals surface area contributed by atoms with E-state index in [9.17, 15) is 10.1 Å². The van der Waals surface area contributed by atoms with E-state index < -0.39 is 0 Å². The van der Waals surface area contributed by atoms with Gasteiger partial charge in [0.2, 0.25) is 0 Å². The predicted octanol–water partition coefficient (Wildman–Crippen LogP) is 2.91. The van der Waals surface area contributed by atoms with E-state index >= 15 is 0 Å². The Morgan fingerprint density at radius 3 is 3.00 bits per heavy atom. The van der Waals surface area contributed by atoms with Crippen molar-refractivity contribution in [3.05, 3.63) is 35.9 Å². The van der Waals surface area contributed by atoms with Crippen LogP contribution in [0.2, 0.25) is 0 Å². The number of fused-ring (bicyclic) bond motifs is 1. The Hall–Kier alpha value is -2.41. The number of carbonyl (C=O) groups excluding carboxylic acids is 1. The quantitative estimate of drug-likeness (QED) is 0.848. The molecule has 1 aromatic carbocycles. The zero-order chi connectivity index (χ0) is 14.8. The summed E-state index contributed by atoms with van der Waals surface area (Å²) < 4.78 is 0. The molecule has 4 nitrogen and oxygen atoms in total. The van der Waals surface area contributed by atoms with Crippen LogP contribution in [0.3, 0.4) is 0 Å². The molecule has 1 aromatic heterocycles. The van der Waals surface area contributed by atoms with Crippen LogP contribution in [0.15, 0.2) is 30.3 Å². The molecule has 1 aliphatic heterocycles. The van der Waals surface area contributed by atoms with Crippen molar-refractivity contribution in [2.45, 2.75) is 19.8 Å². The lowest BCUT2D eigenvalue weighted by Crippen LogP contribution is -2.38. The fourth-order valence-corrected chi connectivity index (χ4v) is 2.93. The number of para-hydroxylation sites is 1. The van der Waals surface area contributed by atoms with E-state index in [-0.39, 0.29) is 11.7 Å². The van der Waals surface area contributed by atoms with E-state index in [1.54, 1.807) is 6.92 Å². The van der Waals surface area contributed by atoms with Crippen LogP contribution in [0.1, 0.15) is 25.3 Å². The van der Waals surface area contributed by atoms with Crippen LogP contribution in [-0.2, 0) is 4.79 Å². The predicted molar refractivity (Wildman–Crippen MR) is 82.1 cm³/mol. The number of anilines is 1. The molecule has 4 heteroatoms. The van der Waals surface area contributed by atoms with Crippen LogP contribution in [0.5, 0.6) is 0 Å². The van der Waals surface area contributed by atoms with Crippen molar-refractivity contribution in [2.75, 3.05) is 18.0 Å². The second kappa shape index (κ2) is 5.53. The lowest BCUT2D eigenvalue weighted by atomic mass is 9.94. The van der Waals surface area contributed by atoms with Gasteiger partial charge in [-0.3, -0.25) is 4.79 Å². The number of Topliss-reactive ketones (excluding diaryl/α,β-unsaturated/α-hetero) is 1. The van der Waals surface area contributed by atoms with E-state index in [1.807, 2.05) is 30.3 Å². The summed E-state index contributed by atoms with van der Waals surface area (Å²) in [6.45, 7) is 3.24. The number of nitriles is 1. The van der Waals surface area contributed by atoms with Crippen LogP contribution < -0.4 is 4.90 Å². The lowest BCUT2D eigenvalue weighted by molar-refractivity contribution is -0.120. The number of pyridine rings is 1. The molecule has 1 aliphatic rings. The van der Waals surface area contributed by atoms with Crippen LogP contribution in [0, 0.1) is 17.2 Å². The highest BCUT2D eigenvalue weighted by atomic mass is 16.1. The van der Waals surface area contributed by atoms with Gasteiger partial charge in [0.1, 0.15) is 11.6 Å². The number of rotatable bonds is 2. The second-order valence-corrected chi connectivity index (χ2v) is 5.55. The van der Waals surface area contributed by atoms with Crippen molar-refractivity contribution in [1.82, 2.24) is 4.98 Å². The molecular weight excluding hydrogens is 262 g/mol. The van der Waals surface area contributed by atoms with E-state index in [4.69, 9.17) is 0 Å². The first kappa shape index (κ1) is 13.6. The molecule has 1 atom stereocenters. The van der Waals surface area contributed by atoms with Crippen LogP contribution >= 0.6 is 0 Å². The fraction of sp³-hybridized carbons (Fsp3) is 0.353. The summed E-state index contributed by atoms with van der Waals surface area (Å²) in [7, 11) is 0. The largest absolute Gasteiger partial charge is 0.356 e. The van der Waals surface area contributed by atoms with Crippen molar-refractivity contribution in [2.24, 2.45) is 5.92 Å². The minimum atomic E-state index is 0.0811. The second-order valence-electron chi connectivity index (χ2n) is 5.55. The van der Waals surface area contributed by atoms with Crippen molar-refractivity contribution >= 4 is 22.5 Å². The van der Waals surface area contributed by atoms with Gasteiger partial charge >= 0.3 is 0 Å². The minimum absolute atomic E-state index is 0.0811. The average Bonchev–Trinajstić information content (AvgIpc) is 2.53. The highest BCUT2D eigenvalue weighted by molar-refractivity contribution is 5.86. The Balaban J connectivity index is 2.01. The Kier molecular flexibility index (Phi) is 3.57. The molecule has 0 N–H and O–H groups in total. The molecule has 2 heterocycles. The first-order valence-electron chi connectivity index (χ1n) is 7.24. The number of nitrogens with zero attached hydrogens (tertiary/aromatic N) is 3. The first-order chi connectivity index (χ1) is 10.2. The summed E-state index contributed by atoms with van der Waals surface area (Å²) in [6, 6.07) is 11.8. The zero-order valence-corrected chi connectivity index (χ0v) is 12.0. The highest BCUT2D eigenvalue weighted by Gasteiger charge is 2.24. The molecule has 106 valence electrons. The Morgan fingerprint density at radius 2 is 2.24 bits per heavy atom. The van der Waals surface area contributed by atoms with Gasteiger partial charge in [0.15, 0.2) is 0 Å². The zero-order valence-electron chi connectivity index (χ0n) is 12.0. The molecule has 2 aromatic rings. The molecule has 0 aliphatic carbocycles. The normalized spacial score (nSPS) is 18.5. The number of piperidine rings is 1. The Morgan fingerprint density at radius 1 is 1.43 bits per heavy atom. The molecule has 1 fully saturated rings. The van der Waals surface area contributed by atoms with Gasteiger partial charge in [0.05, 0.1) is 17.1 Å². The standard InChI is InChI=1S/C17H17N3O/c1-12(21)13-5-4-8-20(11-13)17-9-14(10-18)15-6-2-3-7-16(15)19-17/h2-3,6-7,9,13H,4-5,8,11H2,1H3. The first-order valence-corrected chi connectivity index (χ1v) is 7.24. The van der Waals surface area contributed by atoms with Crippen LogP contribution in [-0.4, -0.2) is 23.9 Å². The van der Waals surface area contributed by atoms with Crippen LogP contribution in [0.4, 0.5) is 5.82 Å². The van der Waals surface area contributed by atoms with Crippen molar-refractivity contribution in [1.29, 1.82) is 5.26 Å². The summed E-state index contributed by atoms with van der Waals surface area (Å²) in [5, 5.41) is 10.2. The summed E-state index contributed by atoms with van der Waals surface area (Å²) in [4.78, 5) is 18.4. The Labute approximate surface area is 124 Å². The van der Waals surface area contributed by atoms with Crippen LogP contribution in [0.25, 0.3) is 10.9 Å². The van der Waals surface area contributed by atoms with Crippen molar-refractivity contribution in [3.8, 4) is 6.07 Å². The maximum absolute atomic E-state index is 11.6. The van der Waals surface area contributed by atoms with Gasteiger partial charge in [-0.1, -0.05) is 18.2 Å². The summed E-state index contributed by atoms with van der Waals surface area (Å²) in [6.07, 6.45) is 1.94. The number of hydrogen-bond donors (Lipinski definition) is 0. The van der Waals surface area contributed by atoms with Crippen molar-refractivity contribution in [3.63, 3.8) is 0 Å². The maximum atomic E-state index is 11.6. The topological polar surface area (TPSA) is 57.0 Å². The van der Waals surface area contributed by atoms with E-state index in [1.165, 1.54) is 0 Å². The van der Waals surface area contributed by atoms with Gasteiger partial charge in [-0.05, 0) is 31.9 Å². The monoisotopic (exact) mass is 279 g/mol. The molecule has 0 bridgehead atoms. The number of aromatic nitrogens is 1. The SMILES string of the molecule is CC(=O)C1CCCN(c2cc(C#N)c3ccccc3n2)C1. The summed E-state index contributed by atoms with van der Waals surface area (Å²) in [5.41, 5.74) is 1.47. The van der Waals surface area contributed by atoms with Gasteiger partial charge < -0.3 is 4.90 Å². The number of ketones is 1. The van der Waals surface area contributed by atoms with E-state index in [0.717, 1.165) is 36.1 Å². The van der Waals surface area contributed by atoms with Crippen molar-refractivity contribution < 1.29 is 4.79 Å². The molecule has 0 saturated carbocycles. The van der Waals surface area contributed by atoms with Gasteiger partial charge in [-0.15, -0.1) is 0 Å². The van der Waals surface area contributed by atoms with Gasteiger partial charge in [-0.25, -0.2) is 4.98 Å². The molecular formula is C17H17N3O. The molecule has 0 radical (unpaired) electrons. The average molecular weight is 279 g/mol.